The number of nitrogens with one attached hydrogen (secondary N) is 2. The fourth-order valence-corrected chi connectivity index (χ4v) is 4.27. The number of anilines is 4. The summed E-state index contributed by atoms with van der Waals surface area (Å²) < 4.78 is 52.1. The van der Waals surface area contributed by atoms with Gasteiger partial charge in [-0.1, -0.05) is 0 Å². The Bertz CT molecular complexity index is 1300. The predicted octanol–water partition coefficient (Wildman–Crippen LogP) is 1.72. The van der Waals surface area contributed by atoms with Crippen LogP contribution in [-0.2, 0) is 20.0 Å². The topological polar surface area (TPSA) is 196 Å². The van der Waals surface area contributed by atoms with Gasteiger partial charge in [-0.3, -0.25) is 0 Å². The van der Waals surface area contributed by atoms with Crippen molar-refractivity contribution in [3.05, 3.63) is 85.5 Å². The zero-order chi connectivity index (χ0) is 24.6. The number of benzene rings is 2. The van der Waals surface area contributed by atoms with E-state index < -0.39 is 20.0 Å². The van der Waals surface area contributed by atoms with Crippen LogP contribution in [0.25, 0.3) is 0 Å². The lowest BCUT2D eigenvalue weighted by atomic mass is 10.3. The van der Waals surface area contributed by atoms with Gasteiger partial charge in [-0.2, -0.15) is 0 Å². The molecular formula is C20H20N8O4S2. The van der Waals surface area contributed by atoms with Gasteiger partial charge in [0.05, 0.1) is 9.79 Å². The summed E-state index contributed by atoms with van der Waals surface area (Å²) in [6.45, 7) is 0. The average molecular weight is 501 g/mol. The molecule has 0 fully saturated rings. The Balaban J connectivity index is 0.000000191. The van der Waals surface area contributed by atoms with Crippen molar-refractivity contribution in [1.29, 1.82) is 0 Å². The van der Waals surface area contributed by atoms with Crippen molar-refractivity contribution in [3.63, 3.8) is 0 Å². The Morgan fingerprint density at radius 1 is 0.529 bits per heavy atom. The van der Waals surface area contributed by atoms with Gasteiger partial charge in [0.2, 0.25) is 11.9 Å². The molecular weight excluding hydrogens is 480 g/mol. The molecule has 0 unspecified atom stereocenters. The molecule has 2 aromatic carbocycles. The quantitative estimate of drug-likeness (QED) is 0.283. The Morgan fingerprint density at radius 3 is 1.12 bits per heavy atom. The van der Waals surface area contributed by atoms with E-state index in [0.29, 0.717) is 11.4 Å². The SMILES string of the molecule is Nc1ccc(S(=O)(=O)Nc2ncccn2)cc1.Nc1ccc(S(=O)(=O)Nc2ncccn2)cc1. The molecule has 6 N–H and O–H groups in total. The normalized spacial score (nSPS) is 11.1. The van der Waals surface area contributed by atoms with Crippen molar-refractivity contribution in [2.24, 2.45) is 0 Å². The van der Waals surface area contributed by atoms with E-state index in [1.807, 2.05) is 0 Å². The van der Waals surface area contributed by atoms with Crippen LogP contribution in [0.1, 0.15) is 0 Å². The van der Waals surface area contributed by atoms with Crippen LogP contribution in [0.3, 0.4) is 0 Å². The highest BCUT2D eigenvalue weighted by atomic mass is 32.2. The van der Waals surface area contributed by atoms with Crippen LogP contribution in [0.2, 0.25) is 0 Å². The van der Waals surface area contributed by atoms with Crippen molar-refractivity contribution in [1.82, 2.24) is 19.9 Å². The van der Waals surface area contributed by atoms with E-state index in [-0.39, 0.29) is 21.7 Å². The molecule has 0 aliphatic carbocycles. The van der Waals surface area contributed by atoms with E-state index in [1.165, 1.54) is 73.3 Å². The van der Waals surface area contributed by atoms with Gasteiger partial charge in [0, 0.05) is 36.2 Å². The Morgan fingerprint density at radius 2 is 0.824 bits per heavy atom. The largest absolute Gasteiger partial charge is 0.399 e. The number of nitrogens with two attached hydrogens (primary N) is 2. The predicted molar refractivity (Wildman–Crippen MR) is 127 cm³/mol. The number of rotatable bonds is 6. The first-order chi connectivity index (χ1) is 16.2. The first kappa shape index (κ1) is 24.3. The fourth-order valence-electron chi connectivity index (χ4n) is 2.36. The fraction of sp³-hybridized carbons (Fsp3) is 0. The number of aromatic nitrogens is 4. The molecule has 0 aliphatic rings. The molecule has 12 nitrogen and oxygen atoms in total. The van der Waals surface area contributed by atoms with Crippen molar-refractivity contribution in [2.75, 3.05) is 20.9 Å². The molecule has 176 valence electrons. The summed E-state index contributed by atoms with van der Waals surface area (Å²) in [5.41, 5.74) is 12.0. The second-order valence-corrected chi connectivity index (χ2v) is 9.86. The van der Waals surface area contributed by atoms with Crippen LogP contribution in [-0.4, -0.2) is 36.8 Å². The molecule has 0 radical (unpaired) electrons. The monoisotopic (exact) mass is 500 g/mol. The smallest absolute Gasteiger partial charge is 0.264 e. The molecule has 0 saturated heterocycles. The van der Waals surface area contributed by atoms with Crippen molar-refractivity contribution < 1.29 is 16.8 Å². The van der Waals surface area contributed by atoms with Crippen LogP contribution in [0.4, 0.5) is 23.3 Å². The molecule has 2 aromatic heterocycles. The number of nitrogens with zero attached hydrogens (tertiary/aromatic N) is 4. The minimum absolute atomic E-state index is 0.0318. The van der Waals surface area contributed by atoms with E-state index in [1.54, 1.807) is 12.1 Å². The summed E-state index contributed by atoms with van der Waals surface area (Å²) in [6, 6.07) is 14.9. The maximum atomic E-state index is 11.9. The summed E-state index contributed by atoms with van der Waals surface area (Å²) in [5.74, 6) is 0.0636. The van der Waals surface area contributed by atoms with Gasteiger partial charge in [0.25, 0.3) is 20.0 Å². The molecule has 0 atom stereocenters. The summed E-state index contributed by atoms with van der Waals surface area (Å²) in [7, 11) is -7.32. The van der Waals surface area contributed by atoms with E-state index in [9.17, 15) is 16.8 Å². The summed E-state index contributed by atoms with van der Waals surface area (Å²) in [4.78, 5) is 15.3. The first-order valence-corrected chi connectivity index (χ1v) is 12.4. The van der Waals surface area contributed by atoms with Crippen LogP contribution in [0, 0.1) is 0 Å². The lowest BCUT2D eigenvalue weighted by Gasteiger charge is -2.05. The molecule has 2 heterocycles. The van der Waals surface area contributed by atoms with Crippen molar-refractivity contribution in [3.8, 4) is 0 Å². The van der Waals surface area contributed by atoms with Crippen molar-refractivity contribution >= 4 is 43.3 Å². The summed E-state index contributed by atoms with van der Waals surface area (Å²) >= 11 is 0. The van der Waals surface area contributed by atoms with Crippen LogP contribution in [0.15, 0.2) is 95.2 Å². The van der Waals surface area contributed by atoms with Crippen LogP contribution in [0.5, 0.6) is 0 Å². The molecule has 14 heteroatoms. The summed E-state index contributed by atoms with van der Waals surface area (Å²) in [6.07, 6.45) is 5.81. The number of hydrogen-bond donors (Lipinski definition) is 4. The Hall–Kier alpha value is -4.30. The maximum Gasteiger partial charge on any atom is 0.264 e. The highest BCUT2D eigenvalue weighted by molar-refractivity contribution is 7.93. The van der Waals surface area contributed by atoms with Crippen LogP contribution < -0.4 is 20.9 Å². The number of sulfonamides is 2. The second-order valence-electron chi connectivity index (χ2n) is 6.49. The zero-order valence-electron chi connectivity index (χ0n) is 17.5. The number of nitrogen functional groups attached to an aromatic ring is 2. The highest BCUT2D eigenvalue weighted by Gasteiger charge is 2.15. The summed E-state index contributed by atoms with van der Waals surface area (Å²) in [5, 5.41) is 0. The zero-order valence-corrected chi connectivity index (χ0v) is 19.1. The molecule has 0 aliphatic heterocycles. The third kappa shape index (κ3) is 6.85. The van der Waals surface area contributed by atoms with Gasteiger partial charge >= 0.3 is 0 Å². The maximum absolute atomic E-state index is 11.9. The molecule has 34 heavy (non-hydrogen) atoms. The Labute approximate surface area is 196 Å². The van der Waals surface area contributed by atoms with Gasteiger partial charge in [0.1, 0.15) is 0 Å². The molecule has 0 spiro atoms. The van der Waals surface area contributed by atoms with Gasteiger partial charge < -0.3 is 11.5 Å². The lowest BCUT2D eigenvalue weighted by Crippen LogP contribution is -2.14. The molecule has 0 amide bonds. The molecule has 0 saturated carbocycles. The lowest BCUT2D eigenvalue weighted by molar-refractivity contribution is 0.599. The number of hydrogen-bond acceptors (Lipinski definition) is 10. The average Bonchev–Trinajstić information content (AvgIpc) is 2.81. The van der Waals surface area contributed by atoms with Gasteiger partial charge in [-0.25, -0.2) is 46.2 Å². The van der Waals surface area contributed by atoms with E-state index in [0.717, 1.165) is 0 Å². The minimum atomic E-state index is -3.66. The molecule has 4 aromatic rings. The van der Waals surface area contributed by atoms with E-state index in [4.69, 9.17) is 11.5 Å². The first-order valence-electron chi connectivity index (χ1n) is 9.46. The van der Waals surface area contributed by atoms with E-state index >= 15 is 0 Å². The second kappa shape index (κ2) is 10.5. The highest BCUT2D eigenvalue weighted by Crippen LogP contribution is 2.15. The van der Waals surface area contributed by atoms with Gasteiger partial charge in [-0.05, 0) is 60.7 Å². The van der Waals surface area contributed by atoms with Crippen molar-refractivity contribution in [2.45, 2.75) is 9.79 Å². The minimum Gasteiger partial charge on any atom is -0.399 e. The van der Waals surface area contributed by atoms with Gasteiger partial charge in [-0.15, -0.1) is 0 Å². The molecule has 4 rings (SSSR count). The van der Waals surface area contributed by atoms with Crippen LogP contribution >= 0.6 is 0 Å². The standard InChI is InChI=1S/2C10H10N4O2S/c2*11-8-2-4-9(5-3-8)17(15,16)14-10-12-6-1-7-13-10/h2*1-7H,11H2,(H,12,13,14). The molecule has 0 bridgehead atoms. The third-order valence-electron chi connectivity index (χ3n) is 3.96. The van der Waals surface area contributed by atoms with E-state index in [2.05, 4.69) is 29.4 Å². The third-order valence-corrected chi connectivity index (χ3v) is 6.65. The van der Waals surface area contributed by atoms with Gasteiger partial charge in [0.15, 0.2) is 0 Å². The Kier molecular flexibility index (Phi) is 7.55.